The highest BCUT2D eigenvalue weighted by Gasteiger charge is 2.32. The van der Waals surface area contributed by atoms with Gasteiger partial charge in [0.05, 0.1) is 0 Å². The molecule has 0 aromatic rings. The molecule has 0 bridgehead atoms. The van der Waals surface area contributed by atoms with Crippen LogP contribution in [0.5, 0.6) is 0 Å². The van der Waals surface area contributed by atoms with Crippen LogP contribution in [0, 0.1) is 0 Å². The maximum absolute atomic E-state index is 5.30. The molecule has 0 nitrogen and oxygen atoms in total. The SMILES string of the molecule is ClC(Cl)(Cl)CC(Cl)(Cl)Cl. The van der Waals surface area contributed by atoms with E-state index in [2.05, 4.69) is 0 Å². The third kappa shape index (κ3) is 9.74. The van der Waals surface area contributed by atoms with Crippen LogP contribution in [-0.2, 0) is 0 Å². The Balaban J connectivity index is 3.75. The van der Waals surface area contributed by atoms with Gasteiger partial charge in [0.25, 0.3) is 0 Å². The van der Waals surface area contributed by atoms with Crippen LogP contribution in [0.25, 0.3) is 0 Å². The minimum atomic E-state index is -1.49. The van der Waals surface area contributed by atoms with Crippen LogP contribution < -0.4 is 0 Å². The van der Waals surface area contributed by atoms with E-state index < -0.39 is 7.59 Å². The average molecular weight is 251 g/mol. The molecule has 0 unspecified atom stereocenters. The van der Waals surface area contributed by atoms with Crippen molar-refractivity contribution in [2.45, 2.75) is 14.0 Å². The third-order valence-corrected chi connectivity index (χ3v) is 1.20. The van der Waals surface area contributed by atoms with Crippen molar-refractivity contribution in [3.05, 3.63) is 0 Å². The highest BCUT2D eigenvalue weighted by atomic mass is 35.6. The van der Waals surface area contributed by atoms with E-state index in [4.69, 9.17) is 69.6 Å². The van der Waals surface area contributed by atoms with Crippen molar-refractivity contribution < 1.29 is 0 Å². The second-order valence-corrected chi connectivity index (χ2v) is 6.44. The molecule has 9 heavy (non-hydrogen) atoms. The molecule has 0 aromatic carbocycles. The maximum Gasteiger partial charge on any atom is 0.194 e. The van der Waals surface area contributed by atoms with E-state index in [1.165, 1.54) is 0 Å². The minimum Gasteiger partial charge on any atom is -0.0835 e. The van der Waals surface area contributed by atoms with Crippen molar-refractivity contribution >= 4 is 69.6 Å². The summed E-state index contributed by atoms with van der Waals surface area (Å²) in [5, 5.41) is 0. The van der Waals surface area contributed by atoms with Gasteiger partial charge in [-0.05, 0) is 0 Å². The Hall–Kier alpha value is 1.74. The fourth-order valence-electron chi connectivity index (χ4n) is 0.227. The Kier molecular flexibility index (Phi) is 4.09. The lowest BCUT2D eigenvalue weighted by molar-refractivity contribution is 0.889. The normalized spacial score (nSPS) is 14.0. The third-order valence-electron chi connectivity index (χ3n) is 0.401. The van der Waals surface area contributed by atoms with Crippen LogP contribution in [0.4, 0.5) is 0 Å². The monoisotopic (exact) mass is 248 g/mol. The molecule has 0 heterocycles. The highest BCUT2D eigenvalue weighted by Crippen LogP contribution is 2.42. The molecule has 0 spiro atoms. The van der Waals surface area contributed by atoms with E-state index >= 15 is 0 Å². The molecular weight excluding hydrogens is 249 g/mol. The maximum atomic E-state index is 5.30. The van der Waals surface area contributed by atoms with E-state index in [1.54, 1.807) is 0 Å². The van der Waals surface area contributed by atoms with E-state index in [-0.39, 0.29) is 6.42 Å². The van der Waals surface area contributed by atoms with Crippen LogP contribution >= 0.6 is 69.6 Å². The summed E-state index contributed by atoms with van der Waals surface area (Å²) in [4.78, 5) is 0. The van der Waals surface area contributed by atoms with Gasteiger partial charge < -0.3 is 0 Å². The highest BCUT2D eigenvalue weighted by molar-refractivity contribution is 6.72. The smallest absolute Gasteiger partial charge is 0.0835 e. The zero-order chi connectivity index (χ0) is 7.71. The fraction of sp³-hybridized carbons (Fsp3) is 1.00. The Morgan fingerprint density at radius 2 is 0.889 bits per heavy atom. The Morgan fingerprint density at radius 3 is 0.889 bits per heavy atom. The first kappa shape index (κ1) is 10.7. The first-order chi connectivity index (χ1) is 3.71. The molecule has 0 N–H and O–H groups in total. The number of hydrogen-bond acceptors (Lipinski definition) is 0. The first-order valence-corrected chi connectivity index (χ1v) is 4.11. The Morgan fingerprint density at radius 1 is 0.667 bits per heavy atom. The topological polar surface area (TPSA) is 0 Å². The summed E-state index contributed by atoms with van der Waals surface area (Å²) in [7, 11) is 0. The molecule has 0 radical (unpaired) electrons. The van der Waals surface area contributed by atoms with Gasteiger partial charge in [0.15, 0.2) is 7.59 Å². The molecule has 0 aliphatic rings. The molecule has 0 saturated heterocycles. The summed E-state index contributed by atoms with van der Waals surface area (Å²) in [6.07, 6.45) is -0.116. The molecular formula is C3H2Cl6. The van der Waals surface area contributed by atoms with E-state index in [1.807, 2.05) is 0 Å². The molecule has 56 valence electrons. The van der Waals surface area contributed by atoms with Crippen molar-refractivity contribution in [1.29, 1.82) is 0 Å². The second-order valence-electron chi connectivity index (χ2n) is 1.41. The van der Waals surface area contributed by atoms with Crippen molar-refractivity contribution in [1.82, 2.24) is 0 Å². The van der Waals surface area contributed by atoms with Crippen LogP contribution in [0.15, 0.2) is 0 Å². The average Bonchev–Trinajstić information content (AvgIpc) is 1.14. The molecule has 0 aliphatic heterocycles. The predicted octanol–water partition coefficient (Wildman–Crippen LogP) is 4.12. The summed E-state index contributed by atoms with van der Waals surface area (Å²) >= 11 is 31.8. The zero-order valence-electron chi connectivity index (χ0n) is 3.97. The van der Waals surface area contributed by atoms with Gasteiger partial charge in [0.1, 0.15) is 0 Å². The zero-order valence-corrected chi connectivity index (χ0v) is 8.51. The van der Waals surface area contributed by atoms with E-state index in [9.17, 15) is 0 Å². The van der Waals surface area contributed by atoms with Crippen LogP contribution in [0.2, 0.25) is 0 Å². The van der Waals surface area contributed by atoms with Gasteiger partial charge >= 0.3 is 0 Å². The van der Waals surface area contributed by atoms with Gasteiger partial charge in [-0.15, -0.1) is 0 Å². The van der Waals surface area contributed by atoms with Crippen molar-refractivity contribution in [2.75, 3.05) is 0 Å². The van der Waals surface area contributed by atoms with Crippen molar-refractivity contribution in [2.24, 2.45) is 0 Å². The van der Waals surface area contributed by atoms with Gasteiger partial charge in [-0.1, -0.05) is 69.6 Å². The molecule has 0 saturated carbocycles. The molecule has 0 amide bonds. The standard InChI is InChI=1S/C3H2Cl6/c4-2(5,6)1-3(7,8)9/h1H2. The lowest BCUT2D eigenvalue weighted by atomic mass is 10.5. The summed E-state index contributed by atoms with van der Waals surface area (Å²) in [5.74, 6) is 0. The van der Waals surface area contributed by atoms with E-state index in [0.29, 0.717) is 0 Å². The number of hydrogen-bond donors (Lipinski definition) is 0. The number of halogens is 6. The minimum absolute atomic E-state index is 0.116. The fourth-order valence-corrected chi connectivity index (χ4v) is 2.05. The lowest BCUT2D eigenvalue weighted by Gasteiger charge is -2.16. The molecule has 0 rings (SSSR count). The largest absolute Gasteiger partial charge is 0.194 e. The van der Waals surface area contributed by atoms with Crippen LogP contribution in [-0.4, -0.2) is 7.59 Å². The molecule has 0 aromatic heterocycles. The first-order valence-electron chi connectivity index (χ1n) is 1.84. The summed E-state index contributed by atoms with van der Waals surface area (Å²) < 4.78 is -2.99. The number of alkyl halides is 6. The number of rotatable bonds is 0. The van der Waals surface area contributed by atoms with Gasteiger partial charge in [-0.3, -0.25) is 0 Å². The molecule has 0 aliphatic carbocycles. The van der Waals surface area contributed by atoms with Crippen molar-refractivity contribution in [3.8, 4) is 0 Å². The van der Waals surface area contributed by atoms with Gasteiger partial charge in [-0.2, -0.15) is 0 Å². The van der Waals surface area contributed by atoms with Gasteiger partial charge in [0.2, 0.25) is 0 Å². The second kappa shape index (κ2) is 3.42. The van der Waals surface area contributed by atoms with Crippen LogP contribution in [0.3, 0.4) is 0 Å². The van der Waals surface area contributed by atoms with Crippen molar-refractivity contribution in [3.63, 3.8) is 0 Å². The Bertz CT molecular complexity index is 73.5. The summed E-state index contributed by atoms with van der Waals surface area (Å²) in [5.41, 5.74) is 0. The quantitative estimate of drug-likeness (QED) is 0.568. The predicted molar refractivity (Wildman–Crippen MR) is 45.2 cm³/mol. The molecule has 0 fully saturated rings. The van der Waals surface area contributed by atoms with Gasteiger partial charge in [0, 0.05) is 6.42 Å². The molecule has 0 atom stereocenters. The lowest BCUT2D eigenvalue weighted by Crippen LogP contribution is -2.14. The summed E-state index contributed by atoms with van der Waals surface area (Å²) in [6.45, 7) is 0. The Labute approximate surface area is 83.3 Å². The summed E-state index contributed by atoms with van der Waals surface area (Å²) in [6, 6.07) is 0. The van der Waals surface area contributed by atoms with Gasteiger partial charge in [-0.25, -0.2) is 0 Å². The molecule has 6 heteroatoms. The van der Waals surface area contributed by atoms with Crippen LogP contribution in [0.1, 0.15) is 6.42 Å². The van der Waals surface area contributed by atoms with E-state index in [0.717, 1.165) is 0 Å².